The van der Waals surface area contributed by atoms with Crippen LogP contribution in [0.5, 0.6) is 5.75 Å². The fraction of sp³-hybridized carbons (Fsp3) is 0.219. The summed E-state index contributed by atoms with van der Waals surface area (Å²) in [5.74, 6) is 2.17. The molecule has 0 aliphatic carbocycles. The van der Waals surface area contributed by atoms with E-state index in [4.69, 9.17) is 9.47 Å². The van der Waals surface area contributed by atoms with E-state index in [9.17, 15) is 4.79 Å². The highest BCUT2D eigenvalue weighted by molar-refractivity contribution is 6.01. The molecule has 0 spiro atoms. The normalized spacial score (nSPS) is 13.5. The van der Waals surface area contributed by atoms with Gasteiger partial charge in [0, 0.05) is 49.5 Å². The molecule has 10 heteroatoms. The number of fused-ring (bicyclic) bond motifs is 1. The first-order valence-electron chi connectivity index (χ1n) is 14.0. The summed E-state index contributed by atoms with van der Waals surface area (Å²) in [5, 5.41) is 10.3. The molecule has 0 bridgehead atoms. The van der Waals surface area contributed by atoms with Gasteiger partial charge in [0.2, 0.25) is 0 Å². The third-order valence-electron chi connectivity index (χ3n) is 7.24. The topological polar surface area (TPSA) is 106 Å². The molecule has 1 aliphatic rings. The molecular formula is C32H33N7O3. The minimum absolute atomic E-state index is 0.348. The monoisotopic (exact) mass is 563 g/mol. The Labute approximate surface area is 244 Å². The molecule has 1 aliphatic heterocycles. The number of nitrogens with zero attached hydrogens (tertiary/aromatic N) is 4. The van der Waals surface area contributed by atoms with Crippen LogP contribution in [-0.2, 0) is 4.74 Å². The molecule has 2 amide bonds. The SMILES string of the molecule is COc1ccccc1NC(=O)Nc1cccc(-c2ccc3ccn(-c4cc(NCCN5CCOCC5)ncn4)c3c2)c1. The summed E-state index contributed by atoms with van der Waals surface area (Å²) >= 11 is 0. The molecule has 3 aromatic carbocycles. The molecule has 5 aromatic rings. The Morgan fingerprint density at radius 2 is 1.79 bits per heavy atom. The molecule has 2 aromatic heterocycles. The van der Waals surface area contributed by atoms with Gasteiger partial charge in [-0.3, -0.25) is 4.90 Å². The van der Waals surface area contributed by atoms with Crippen molar-refractivity contribution in [3.8, 4) is 22.7 Å². The molecule has 6 rings (SSSR count). The van der Waals surface area contributed by atoms with Gasteiger partial charge >= 0.3 is 6.03 Å². The number of carbonyl (C=O) groups is 1. The van der Waals surface area contributed by atoms with Gasteiger partial charge in [0.1, 0.15) is 23.7 Å². The quantitative estimate of drug-likeness (QED) is 0.218. The Hall–Kier alpha value is -4.93. The van der Waals surface area contributed by atoms with Gasteiger partial charge in [0.15, 0.2) is 0 Å². The zero-order valence-corrected chi connectivity index (χ0v) is 23.4. The number of aromatic nitrogens is 3. The van der Waals surface area contributed by atoms with Crippen molar-refractivity contribution in [2.24, 2.45) is 0 Å². The van der Waals surface area contributed by atoms with Gasteiger partial charge in [-0.1, -0.05) is 36.4 Å². The predicted molar refractivity (Wildman–Crippen MR) is 166 cm³/mol. The van der Waals surface area contributed by atoms with Crippen molar-refractivity contribution in [1.29, 1.82) is 0 Å². The average molecular weight is 564 g/mol. The van der Waals surface area contributed by atoms with Crippen LogP contribution in [-0.4, -0.2) is 72.0 Å². The minimum atomic E-state index is -0.348. The highest BCUT2D eigenvalue weighted by Crippen LogP contribution is 2.29. The van der Waals surface area contributed by atoms with E-state index in [1.807, 2.05) is 48.7 Å². The van der Waals surface area contributed by atoms with Gasteiger partial charge in [-0.05, 0) is 47.5 Å². The van der Waals surface area contributed by atoms with Crippen LogP contribution in [0.1, 0.15) is 0 Å². The lowest BCUT2D eigenvalue weighted by Crippen LogP contribution is -2.39. The van der Waals surface area contributed by atoms with E-state index in [1.54, 1.807) is 25.6 Å². The molecule has 3 heterocycles. The van der Waals surface area contributed by atoms with Crippen LogP contribution >= 0.6 is 0 Å². The Balaban J connectivity index is 1.17. The average Bonchev–Trinajstić information content (AvgIpc) is 3.46. The number of anilines is 3. The van der Waals surface area contributed by atoms with Crippen LogP contribution in [0.2, 0.25) is 0 Å². The summed E-state index contributed by atoms with van der Waals surface area (Å²) in [5.41, 5.74) is 4.30. The number of benzene rings is 3. The summed E-state index contributed by atoms with van der Waals surface area (Å²) in [6.07, 6.45) is 3.61. The second-order valence-electron chi connectivity index (χ2n) is 9.96. The van der Waals surface area contributed by atoms with Crippen molar-refractivity contribution < 1.29 is 14.3 Å². The van der Waals surface area contributed by atoms with Gasteiger partial charge in [-0.2, -0.15) is 0 Å². The number of hydrogen-bond acceptors (Lipinski definition) is 7. The van der Waals surface area contributed by atoms with Crippen molar-refractivity contribution >= 4 is 34.1 Å². The van der Waals surface area contributed by atoms with E-state index < -0.39 is 0 Å². The zero-order chi connectivity index (χ0) is 28.7. The Morgan fingerprint density at radius 1 is 0.929 bits per heavy atom. The van der Waals surface area contributed by atoms with Crippen LogP contribution in [0.4, 0.5) is 22.0 Å². The second-order valence-corrected chi connectivity index (χ2v) is 9.96. The number of hydrogen-bond donors (Lipinski definition) is 3. The smallest absolute Gasteiger partial charge is 0.323 e. The molecule has 10 nitrogen and oxygen atoms in total. The first-order chi connectivity index (χ1) is 20.7. The summed E-state index contributed by atoms with van der Waals surface area (Å²) in [6, 6.07) is 25.1. The lowest BCUT2D eigenvalue weighted by molar-refractivity contribution is 0.0398. The Kier molecular flexibility index (Phi) is 8.25. The molecule has 0 atom stereocenters. The molecule has 3 N–H and O–H groups in total. The van der Waals surface area contributed by atoms with E-state index in [0.717, 1.165) is 73.1 Å². The van der Waals surface area contributed by atoms with Crippen LogP contribution in [0.15, 0.2) is 91.4 Å². The number of morpholine rings is 1. The number of rotatable bonds is 9. The van der Waals surface area contributed by atoms with Gasteiger partial charge in [-0.25, -0.2) is 14.8 Å². The Morgan fingerprint density at radius 3 is 2.67 bits per heavy atom. The zero-order valence-electron chi connectivity index (χ0n) is 23.4. The van der Waals surface area contributed by atoms with Crippen molar-refractivity contribution in [2.45, 2.75) is 0 Å². The minimum Gasteiger partial charge on any atom is -0.495 e. The van der Waals surface area contributed by atoms with Crippen molar-refractivity contribution in [1.82, 2.24) is 19.4 Å². The molecule has 0 radical (unpaired) electrons. The molecule has 0 unspecified atom stereocenters. The van der Waals surface area contributed by atoms with Gasteiger partial charge < -0.3 is 30.0 Å². The second kappa shape index (κ2) is 12.7. The van der Waals surface area contributed by atoms with Crippen molar-refractivity contribution in [3.05, 3.63) is 91.4 Å². The third kappa shape index (κ3) is 6.35. The number of amides is 2. The van der Waals surface area contributed by atoms with E-state index >= 15 is 0 Å². The number of urea groups is 1. The number of nitrogens with one attached hydrogen (secondary N) is 3. The lowest BCUT2D eigenvalue weighted by Gasteiger charge is -2.26. The van der Waals surface area contributed by atoms with Gasteiger partial charge in [-0.15, -0.1) is 0 Å². The van der Waals surface area contributed by atoms with Gasteiger partial charge in [0.25, 0.3) is 0 Å². The van der Waals surface area contributed by atoms with E-state index in [2.05, 4.69) is 59.7 Å². The first kappa shape index (κ1) is 27.3. The maximum Gasteiger partial charge on any atom is 0.323 e. The molecular weight excluding hydrogens is 530 g/mol. The van der Waals surface area contributed by atoms with Crippen LogP contribution < -0.4 is 20.7 Å². The molecule has 1 saturated heterocycles. The predicted octanol–water partition coefficient (Wildman–Crippen LogP) is 5.48. The van der Waals surface area contributed by atoms with Crippen LogP contribution in [0.25, 0.3) is 27.8 Å². The summed E-state index contributed by atoms with van der Waals surface area (Å²) < 4.78 is 12.8. The molecule has 214 valence electrons. The summed E-state index contributed by atoms with van der Waals surface area (Å²) in [7, 11) is 1.57. The lowest BCUT2D eigenvalue weighted by atomic mass is 10.0. The number of carbonyl (C=O) groups excluding carboxylic acids is 1. The van der Waals surface area contributed by atoms with E-state index in [-0.39, 0.29) is 6.03 Å². The molecule has 0 saturated carbocycles. The highest BCUT2D eigenvalue weighted by Gasteiger charge is 2.12. The fourth-order valence-corrected chi connectivity index (χ4v) is 5.06. The first-order valence-corrected chi connectivity index (χ1v) is 14.0. The van der Waals surface area contributed by atoms with E-state index in [0.29, 0.717) is 17.1 Å². The van der Waals surface area contributed by atoms with Crippen molar-refractivity contribution in [2.75, 3.05) is 62.5 Å². The molecule has 42 heavy (non-hydrogen) atoms. The third-order valence-corrected chi connectivity index (χ3v) is 7.24. The van der Waals surface area contributed by atoms with E-state index in [1.165, 1.54) is 0 Å². The summed E-state index contributed by atoms with van der Waals surface area (Å²) in [4.78, 5) is 24.1. The number of ether oxygens (including phenoxy) is 2. The maximum atomic E-state index is 12.7. The maximum absolute atomic E-state index is 12.7. The Bertz CT molecular complexity index is 1680. The highest BCUT2D eigenvalue weighted by atomic mass is 16.5. The summed E-state index contributed by atoms with van der Waals surface area (Å²) in [6.45, 7) is 5.25. The fourth-order valence-electron chi connectivity index (χ4n) is 5.06. The largest absolute Gasteiger partial charge is 0.495 e. The molecule has 1 fully saturated rings. The standard InChI is InChI=1S/C32H33N7O3/c1-41-29-8-3-2-7-27(29)37-32(40)36-26-6-4-5-24(19-26)25-10-9-23-11-13-39(28(23)20-25)31-21-30(34-22-35-31)33-12-14-38-15-17-42-18-16-38/h2-11,13,19-22H,12,14-18H2,1H3,(H,33,34,35)(H2,36,37,40). The van der Waals surface area contributed by atoms with Crippen LogP contribution in [0, 0.1) is 0 Å². The number of para-hydroxylation sites is 2. The number of methoxy groups -OCH3 is 1. The van der Waals surface area contributed by atoms with Gasteiger partial charge in [0.05, 0.1) is 31.5 Å². The van der Waals surface area contributed by atoms with Crippen molar-refractivity contribution in [3.63, 3.8) is 0 Å². The van der Waals surface area contributed by atoms with Crippen LogP contribution in [0.3, 0.4) is 0 Å².